The summed E-state index contributed by atoms with van der Waals surface area (Å²) in [6.45, 7) is 4.27. The Hall–Kier alpha value is -4.58. The highest BCUT2D eigenvalue weighted by Gasteiger charge is 2.28. The van der Waals surface area contributed by atoms with Gasteiger partial charge in [0.15, 0.2) is 17.2 Å². The van der Waals surface area contributed by atoms with Crippen molar-refractivity contribution in [3.63, 3.8) is 0 Å². The van der Waals surface area contributed by atoms with Crippen molar-refractivity contribution >= 4 is 17.8 Å². The molecule has 1 heterocycles. The fraction of sp³-hybridized carbons (Fsp3) is 0.355. The molecule has 0 fully saturated rings. The Morgan fingerprint density at radius 1 is 0.930 bits per heavy atom. The summed E-state index contributed by atoms with van der Waals surface area (Å²) in [6.07, 6.45) is 1.07. The van der Waals surface area contributed by atoms with Gasteiger partial charge in [0.05, 0.1) is 20.3 Å². The fourth-order valence-electron chi connectivity index (χ4n) is 3.96. The van der Waals surface area contributed by atoms with Crippen molar-refractivity contribution in [2.45, 2.75) is 45.9 Å². The number of benzene rings is 2. The number of methoxy groups -OCH3 is 1. The molecule has 2 aromatic carbocycles. The first-order chi connectivity index (χ1) is 20.6. The van der Waals surface area contributed by atoms with E-state index < -0.39 is 36.8 Å². The molecule has 230 valence electrons. The lowest BCUT2D eigenvalue weighted by molar-refractivity contribution is -0.154. The first kappa shape index (κ1) is 32.9. The van der Waals surface area contributed by atoms with Crippen LogP contribution < -0.4 is 14.8 Å². The molecule has 1 amide bonds. The van der Waals surface area contributed by atoms with Crippen LogP contribution in [0.25, 0.3) is 0 Å². The van der Waals surface area contributed by atoms with Gasteiger partial charge in [-0.3, -0.25) is 9.59 Å². The summed E-state index contributed by atoms with van der Waals surface area (Å²) in [5.74, 6) is -3.02. The van der Waals surface area contributed by atoms with Crippen molar-refractivity contribution < 1.29 is 46.8 Å². The van der Waals surface area contributed by atoms with Crippen LogP contribution in [0, 0.1) is 17.6 Å². The monoisotopic (exact) mass is 600 g/mol. The summed E-state index contributed by atoms with van der Waals surface area (Å²) in [7, 11) is 1.36. The third kappa shape index (κ3) is 10.3. The van der Waals surface area contributed by atoms with Gasteiger partial charge in [-0.05, 0) is 55.7 Å². The number of carbonyl (C=O) groups is 3. The summed E-state index contributed by atoms with van der Waals surface area (Å²) in [5.41, 5.74) is 1.39. The van der Waals surface area contributed by atoms with Crippen LogP contribution in [-0.4, -0.2) is 55.5 Å². The second-order valence-electron chi connectivity index (χ2n) is 9.66. The van der Waals surface area contributed by atoms with Gasteiger partial charge < -0.3 is 29.0 Å². The topological polar surface area (TPSA) is 122 Å². The first-order valence-electron chi connectivity index (χ1n) is 13.4. The van der Waals surface area contributed by atoms with Crippen LogP contribution in [0.1, 0.15) is 42.4 Å². The number of nitrogens with zero attached hydrogens (tertiary/aromatic N) is 1. The maximum Gasteiger partial charge on any atom is 0.328 e. The van der Waals surface area contributed by atoms with Crippen LogP contribution in [0.3, 0.4) is 0 Å². The Kier molecular flexibility index (Phi) is 12.4. The van der Waals surface area contributed by atoms with Crippen molar-refractivity contribution in [3.05, 3.63) is 89.2 Å². The average molecular weight is 601 g/mol. The molecule has 1 N–H and O–H groups in total. The molecule has 0 spiro atoms. The van der Waals surface area contributed by atoms with Crippen LogP contribution in [-0.2, 0) is 36.8 Å². The highest BCUT2D eigenvalue weighted by atomic mass is 19.1. The van der Waals surface area contributed by atoms with Crippen molar-refractivity contribution in [2.24, 2.45) is 5.92 Å². The maximum atomic E-state index is 13.5. The largest absolute Gasteiger partial charge is 0.493 e. The summed E-state index contributed by atoms with van der Waals surface area (Å²) in [5, 5.41) is 2.53. The lowest BCUT2D eigenvalue weighted by Gasteiger charge is -2.26. The predicted molar refractivity (Wildman–Crippen MR) is 150 cm³/mol. The molecule has 0 saturated heterocycles. The normalized spacial score (nSPS) is 12.9. The molecule has 3 rings (SSSR count). The van der Waals surface area contributed by atoms with Crippen LogP contribution in [0.5, 0.6) is 11.5 Å². The van der Waals surface area contributed by atoms with Crippen molar-refractivity contribution in [1.82, 2.24) is 10.3 Å². The van der Waals surface area contributed by atoms with Crippen LogP contribution in [0.4, 0.5) is 8.78 Å². The second kappa shape index (κ2) is 16.2. The first-order valence-corrected chi connectivity index (χ1v) is 13.4. The second-order valence-corrected chi connectivity index (χ2v) is 9.66. The minimum Gasteiger partial charge on any atom is -0.493 e. The van der Waals surface area contributed by atoms with Crippen LogP contribution >= 0.6 is 0 Å². The van der Waals surface area contributed by atoms with E-state index in [4.69, 9.17) is 23.7 Å². The molecule has 10 nitrogen and oxygen atoms in total. The molecule has 1 aromatic heterocycles. The number of ether oxygens (including phenoxy) is 5. The van der Waals surface area contributed by atoms with E-state index in [9.17, 15) is 23.2 Å². The number of amides is 1. The van der Waals surface area contributed by atoms with Gasteiger partial charge in [0.1, 0.15) is 23.8 Å². The number of esters is 2. The van der Waals surface area contributed by atoms with E-state index in [0.29, 0.717) is 6.42 Å². The molecule has 12 heteroatoms. The number of hydrogen-bond acceptors (Lipinski definition) is 9. The molecule has 0 aliphatic rings. The van der Waals surface area contributed by atoms with Crippen LogP contribution in [0.15, 0.2) is 60.8 Å². The minimum absolute atomic E-state index is 0.0737. The number of rotatable bonds is 15. The zero-order valence-electron chi connectivity index (χ0n) is 24.3. The Labute approximate surface area is 248 Å². The van der Waals surface area contributed by atoms with E-state index in [1.807, 2.05) is 0 Å². The molecule has 0 unspecified atom stereocenters. The number of pyridine rings is 1. The quantitative estimate of drug-likeness (QED) is 0.200. The highest BCUT2D eigenvalue weighted by Crippen LogP contribution is 2.29. The molecular formula is C31H34F2N2O8. The Balaban J connectivity index is 1.65. The number of hydrogen-bond donors (Lipinski definition) is 1. The van der Waals surface area contributed by atoms with Gasteiger partial charge in [-0.2, -0.15) is 0 Å². The lowest BCUT2D eigenvalue weighted by Crippen LogP contribution is -2.42. The minimum atomic E-state index is -1.09. The van der Waals surface area contributed by atoms with Crippen molar-refractivity contribution in [3.8, 4) is 11.5 Å². The molecule has 43 heavy (non-hydrogen) atoms. The van der Waals surface area contributed by atoms with Gasteiger partial charge in [-0.15, -0.1) is 0 Å². The van der Waals surface area contributed by atoms with E-state index in [0.717, 1.165) is 11.1 Å². The average Bonchev–Trinajstić information content (AvgIpc) is 2.98. The third-order valence-corrected chi connectivity index (χ3v) is 6.36. The molecule has 0 radical (unpaired) electrons. The molecule has 0 saturated carbocycles. The predicted octanol–water partition coefficient (Wildman–Crippen LogP) is 4.39. The zero-order valence-corrected chi connectivity index (χ0v) is 24.3. The Morgan fingerprint density at radius 2 is 1.56 bits per heavy atom. The summed E-state index contributed by atoms with van der Waals surface area (Å²) in [6, 6.07) is 12.2. The Bertz CT molecular complexity index is 1370. The number of aromatic nitrogens is 1. The summed E-state index contributed by atoms with van der Waals surface area (Å²) in [4.78, 5) is 41.2. The van der Waals surface area contributed by atoms with Gasteiger partial charge in [-0.1, -0.05) is 24.3 Å². The standard InChI is InChI=1S/C31H34F2N2O8/c1-19(35-30(37)28-29(42-18-41-21(3)36)27(39-4)13-14-34-28)31(38)43-20(2)24(15-22-5-9-25(32)10-6-22)17-40-16-23-7-11-26(33)12-8-23/h5-14,19-20,24H,15-18H2,1-4H3,(H,35,37)/t19-,20-,24+/m0/s1. The molecule has 3 atom stereocenters. The maximum absolute atomic E-state index is 13.5. The van der Waals surface area contributed by atoms with Gasteiger partial charge in [0.2, 0.25) is 6.79 Å². The summed E-state index contributed by atoms with van der Waals surface area (Å²) >= 11 is 0. The van der Waals surface area contributed by atoms with Crippen molar-refractivity contribution in [1.29, 1.82) is 0 Å². The van der Waals surface area contributed by atoms with E-state index in [1.54, 1.807) is 31.2 Å². The van der Waals surface area contributed by atoms with Gasteiger partial charge in [0.25, 0.3) is 5.91 Å². The fourth-order valence-corrected chi connectivity index (χ4v) is 3.96. The molecular weight excluding hydrogens is 566 g/mol. The van der Waals surface area contributed by atoms with Gasteiger partial charge in [0, 0.05) is 25.1 Å². The SMILES string of the molecule is COc1ccnc(C(=O)N[C@@H](C)C(=O)O[C@@H](C)[C@@H](COCc2ccc(F)cc2)Cc2ccc(F)cc2)c1OCOC(C)=O. The number of nitrogens with one attached hydrogen (secondary N) is 1. The van der Waals surface area contributed by atoms with E-state index in [-0.39, 0.29) is 48.0 Å². The zero-order chi connectivity index (χ0) is 31.4. The number of halogens is 2. The van der Waals surface area contributed by atoms with E-state index in [2.05, 4.69) is 10.3 Å². The Morgan fingerprint density at radius 3 is 2.16 bits per heavy atom. The molecule has 0 aliphatic heterocycles. The third-order valence-electron chi connectivity index (χ3n) is 6.36. The highest BCUT2D eigenvalue weighted by molar-refractivity contribution is 5.98. The van der Waals surface area contributed by atoms with E-state index >= 15 is 0 Å². The molecule has 3 aromatic rings. The molecule has 0 bridgehead atoms. The van der Waals surface area contributed by atoms with Gasteiger partial charge in [-0.25, -0.2) is 18.6 Å². The van der Waals surface area contributed by atoms with Gasteiger partial charge >= 0.3 is 11.9 Å². The molecule has 0 aliphatic carbocycles. The van der Waals surface area contributed by atoms with Crippen molar-refractivity contribution in [2.75, 3.05) is 20.5 Å². The van der Waals surface area contributed by atoms with Crippen LogP contribution in [0.2, 0.25) is 0 Å². The van der Waals surface area contributed by atoms with E-state index in [1.165, 1.54) is 57.5 Å². The smallest absolute Gasteiger partial charge is 0.328 e. The lowest BCUT2D eigenvalue weighted by atomic mass is 9.95. The summed E-state index contributed by atoms with van der Waals surface area (Å²) < 4.78 is 53.7. The number of carbonyl (C=O) groups excluding carboxylic acids is 3.